The Balaban J connectivity index is 2.74. The van der Waals surface area contributed by atoms with Gasteiger partial charge in [-0.3, -0.25) is 0 Å². The fraction of sp³-hybridized carbons (Fsp3) is 0.600. The topological polar surface area (TPSA) is 21.3 Å². The summed E-state index contributed by atoms with van der Waals surface area (Å²) in [5.41, 5.74) is 1.26. The van der Waals surface area contributed by atoms with Gasteiger partial charge in [-0.25, -0.2) is 0 Å². The number of benzene rings is 1. The molecule has 1 N–H and O–H groups in total. The number of hydrogen-bond acceptors (Lipinski definition) is 3. The molecule has 2 atom stereocenters. The first-order valence-electron chi connectivity index (χ1n) is 6.73. The maximum Gasteiger partial charge on any atom is 0.124 e. The van der Waals surface area contributed by atoms with E-state index in [1.54, 1.807) is 0 Å². The molecule has 0 radical (unpaired) electrons. The Morgan fingerprint density at radius 2 is 2.00 bits per heavy atom. The molecule has 0 aromatic heterocycles. The maximum absolute atomic E-state index is 5.70. The molecule has 1 aromatic rings. The van der Waals surface area contributed by atoms with E-state index in [0.29, 0.717) is 17.9 Å². The minimum absolute atomic E-state index is 0.353. The highest BCUT2D eigenvalue weighted by molar-refractivity contribution is 7.99. The molecule has 0 amide bonds. The van der Waals surface area contributed by atoms with Gasteiger partial charge in [-0.1, -0.05) is 32.0 Å². The smallest absolute Gasteiger partial charge is 0.124 e. The van der Waals surface area contributed by atoms with Crippen molar-refractivity contribution in [2.45, 2.75) is 38.5 Å². The fourth-order valence-electron chi connectivity index (χ4n) is 1.76. The molecule has 0 saturated carbocycles. The summed E-state index contributed by atoms with van der Waals surface area (Å²) < 4.78 is 5.70. The lowest BCUT2D eigenvalue weighted by atomic mass is 10.1. The average molecular weight is 267 g/mol. The van der Waals surface area contributed by atoms with E-state index in [-0.39, 0.29) is 0 Å². The van der Waals surface area contributed by atoms with Crippen molar-refractivity contribution in [1.82, 2.24) is 5.32 Å². The highest BCUT2D eigenvalue weighted by Crippen LogP contribution is 2.29. The van der Waals surface area contributed by atoms with E-state index >= 15 is 0 Å². The maximum atomic E-state index is 5.70. The van der Waals surface area contributed by atoms with Gasteiger partial charge in [0.25, 0.3) is 0 Å². The van der Waals surface area contributed by atoms with Crippen LogP contribution in [-0.4, -0.2) is 24.7 Å². The van der Waals surface area contributed by atoms with Crippen LogP contribution >= 0.6 is 11.8 Å². The number of para-hydroxylation sites is 1. The Morgan fingerprint density at radius 1 is 1.28 bits per heavy atom. The molecule has 1 aromatic carbocycles. The Bertz CT molecular complexity index is 343. The molecule has 0 aliphatic heterocycles. The van der Waals surface area contributed by atoms with Gasteiger partial charge in [-0.2, -0.15) is 11.8 Å². The highest BCUT2D eigenvalue weighted by Gasteiger charge is 2.15. The molecule has 0 saturated heterocycles. The number of hydrogen-bond donors (Lipinski definition) is 1. The van der Waals surface area contributed by atoms with Gasteiger partial charge in [0, 0.05) is 22.6 Å². The first-order chi connectivity index (χ1) is 8.72. The average Bonchev–Trinajstić information content (AvgIpc) is 2.41. The molecule has 0 bridgehead atoms. The van der Waals surface area contributed by atoms with Gasteiger partial charge in [-0.15, -0.1) is 0 Å². The van der Waals surface area contributed by atoms with Crippen LogP contribution in [0.1, 0.15) is 38.8 Å². The molecule has 0 aliphatic carbocycles. The lowest BCUT2D eigenvalue weighted by Crippen LogP contribution is -2.20. The third kappa shape index (κ3) is 4.54. The second-order valence-corrected chi connectivity index (χ2v) is 5.84. The molecule has 1 rings (SSSR count). The van der Waals surface area contributed by atoms with Gasteiger partial charge in [0.15, 0.2) is 0 Å². The van der Waals surface area contributed by atoms with Crippen LogP contribution in [0.2, 0.25) is 0 Å². The molecule has 3 heteroatoms. The standard InChI is InChI=1S/C15H25NOS/c1-5-12(3)18-11-14(16-4)13-9-7-8-10-15(13)17-6-2/h7-10,12,14,16H,5-6,11H2,1-4H3. The van der Waals surface area contributed by atoms with Crippen molar-refractivity contribution < 1.29 is 4.74 Å². The summed E-state index contributed by atoms with van der Waals surface area (Å²) in [7, 11) is 2.02. The zero-order chi connectivity index (χ0) is 13.4. The summed E-state index contributed by atoms with van der Waals surface area (Å²) in [5.74, 6) is 2.08. The van der Waals surface area contributed by atoms with Crippen molar-refractivity contribution in [2.24, 2.45) is 0 Å². The van der Waals surface area contributed by atoms with Crippen LogP contribution in [0.4, 0.5) is 0 Å². The molecular formula is C15H25NOS. The van der Waals surface area contributed by atoms with E-state index in [2.05, 4.69) is 37.4 Å². The second kappa shape index (κ2) is 8.44. The van der Waals surface area contributed by atoms with Gasteiger partial charge in [0.05, 0.1) is 6.61 Å². The number of rotatable bonds is 8. The summed E-state index contributed by atoms with van der Waals surface area (Å²) in [6.07, 6.45) is 1.22. The molecule has 0 aliphatic rings. The molecule has 0 spiro atoms. The van der Waals surface area contributed by atoms with E-state index in [1.165, 1.54) is 12.0 Å². The minimum Gasteiger partial charge on any atom is -0.494 e. The molecular weight excluding hydrogens is 242 g/mol. The van der Waals surface area contributed by atoms with Gasteiger partial charge in [-0.05, 0) is 26.5 Å². The van der Waals surface area contributed by atoms with Crippen LogP contribution < -0.4 is 10.1 Å². The van der Waals surface area contributed by atoms with Gasteiger partial charge in [0.1, 0.15) is 5.75 Å². The summed E-state index contributed by atoms with van der Waals surface area (Å²) in [6.45, 7) is 7.26. The van der Waals surface area contributed by atoms with Crippen molar-refractivity contribution in [3.8, 4) is 5.75 Å². The molecule has 0 fully saturated rings. The zero-order valence-corrected chi connectivity index (χ0v) is 12.7. The quantitative estimate of drug-likeness (QED) is 0.772. The summed E-state index contributed by atoms with van der Waals surface area (Å²) in [5, 5.41) is 4.10. The van der Waals surface area contributed by atoms with Crippen molar-refractivity contribution >= 4 is 11.8 Å². The van der Waals surface area contributed by atoms with E-state index < -0.39 is 0 Å². The first-order valence-corrected chi connectivity index (χ1v) is 7.78. The molecule has 102 valence electrons. The Morgan fingerprint density at radius 3 is 2.61 bits per heavy atom. The summed E-state index contributed by atoms with van der Waals surface area (Å²) in [6, 6.07) is 8.67. The molecule has 0 heterocycles. The fourth-order valence-corrected chi connectivity index (χ4v) is 2.87. The molecule has 2 unspecified atom stereocenters. The van der Waals surface area contributed by atoms with Crippen LogP contribution in [0.25, 0.3) is 0 Å². The first kappa shape index (κ1) is 15.4. The molecule has 2 nitrogen and oxygen atoms in total. The van der Waals surface area contributed by atoms with Crippen LogP contribution in [0.3, 0.4) is 0 Å². The van der Waals surface area contributed by atoms with Crippen LogP contribution in [0.15, 0.2) is 24.3 Å². The Labute approximate surface area is 116 Å². The molecule has 18 heavy (non-hydrogen) atoms. The third-order valence-electron chi connectivity index (χ3n) is 3.07. The second-order valence-electron chi connectivity index (χ2n) is 4.36. The van der Waals surface area contributed by atoms with Crippen molar-refractivity contribution in [3.05, 3.63) is 29.8 Å². The lowest BCUT2D eigenvalue weighted by Gasteiger charge is -2.21. The van der Waals surface area contributed by atoms with Crippen LogP contribution in [0.5, 0.6) is 5.75 Å². The monoisotopic (exact) mass is 267 g/mol. The predicted molar refractivity (Wildman–Crippen MR) is 81.6 cm³/mol. The van der Waals surface area contributed by atoms with Gasteiger partial charge in [0.2, 0.25) is 0 Å². The number of nitrogens with one attached hydrogen (secondary N) is 1. The third-order valence-corrected chi connectivity index (χ3v) is 4.49. The highest BCUT2D eigenvalue weighted by atomic mass is 32.2. The lowest BCUT2D eigenvalue weighted by molar-refractivity contribution is 0.333. The van der Waals surface area contributed by atoms with Crippen molar-refractivity contribution in [3.63, 3.8) is 0 Å². The zero-order valence-electron chi connectivity index (χ0n) is 11.9. The SMILES string of the molecule is CCOc1ccccc1C(CSC(C)CC)NC. The Hall–Kier alpha value is -0.670. The van der Waals surface area contributed by atoms with Crippen LogP contribution in [-0.2, 0) is 0 Å². The van der Waals surface area contributed by atoms with E-state index in [9.17, 15) is 0 Å². The van der Waals surface area contributed by atoms with E-state index in [0.717, 1.165) is 11.5 Å². The van der Waals surface area contributed by atoms with Crippen molar-refractivity contribution in [1.29, 1.82) is 0 Å². The summed E-state index contributed by atoms with van der Waals surface area (Å²) >= 11 is 2.01. The number of ether oxygens (including phenoxy) is 1. The number of thioether (sulfide) groups is 1. The van der Waals surface area contributed by atoms with E-state index in [4.69, 9.17) is 4.74 Å². The Kier molecular flexibility index (Phi) is 7.21. The minimum atomic E-state index is 0.353. The predicted octanol–water partition coefficient (Wildman–Crippen LogP) is 3.88. The van der Waals surface area contributed by atoms with Crippen molar-refractivity contribution in [2.75, 3.05) is 19.4 Å². The largest absolute Gasteiger partial charge is 0.494 e. The van der Waals surface area contributed by atoms with Gasteiger partial charge < -0.3 is 10.1 Å². The van der Waals surface area contributed by atoms with E-state index in [1.807, 2.05) is 31.8 Å². The summed E-state index contributed by atoms with van der Waals surface area (Å²) in [4.78, 5) is 0. The van der Waals surface area contributed by atoms with Gasteiger partial charge >= 0.3 is 0 Å². The van der Waals surface area contributed by atoms with Crippen LogP contribution in [0, 0.1) is 0 Å². The normalized spacial score (nSPS) is 14.2.